The third-order valence-electron chi connectivity index (χ3n) is 6.09. The first kappa shape index (κ1) is 18.5. The normalized spacial score (nSPS) is 28.1. The van der Waals surface area contributed by atoms with Crippen molar-refractivity contribution in [3.8, 4) is 5.75 Å². The molecule has 0 aliphatic carbocycles. The van der Waals surface area contributed by atoms with Gasteiger partial charge < -0.3 is 9.84 Å². The van der Waals surface area contributed by atoms with Gasteiger partial charge in [-0.15, -0.1) is 0 Å². The lowest BCUT2D eigenvalue weighted by Crippen LogP contribution is -2.56. The average molecular weight is 369 g/mol. The first-order valence-electron chi connectivity index (χ1n) is 10.0. The maximum absolute atomic E-state index is 14.1. The zero-order valence-electron chi connectivity index (χ0n) is 15.9. The number of fused-ring (bicyclic) bond motifs is 2. The second-order valence-electron chi connectivity index (χ2n) is 7.94. The van der Waals surface area contributed by atoms with Crippen LogP contribution >= 0.6 is 0 Å². The van der Waals surface area contributed by atoms with Crippen LogP contribution in [0.25, 0.3) is 0 Å². The van der Waals surface area contributed by atoms with Gasteiger partial charge in [0.1, 0.15) is 11.6 Å². The molecule has 27 heavy (non-hydrogen) atoms. The molecule has 0 saturated carbocycles. The molecule has 2 aliphatic heterocycles. The molecule has 2 bridgehead atoms. The van der Waals surface area contributed by atoms with E-state index in [4.69, 9.17) is 4.74 Å². The lowest BCUT2D eigenvalue weighted by atomic mass is 9.72. The van der Waals surface area contributed by atoms with Crippen molar-refractivity contribution in [3.05, 3.63) is 65.5 Å². The fraction of sp³-hybridized carbons (Fsp3) is 0.478. The second kappa shape index (κ2) is 7.61. The van der Waals surface area contributed by atoms with Gasteiger partial charge in [-0.3, -0.25) is 4.90 Å². The molecule has 2 saturated heterocycles. The summed E-state index contributed by atoms with van der Waals surface area (Å²) < 4.78 is 19.6. The number of nitrogens with zero attached hydrogens (tertiary/aromatic N) is 1. The van der Waals surface area contributed by atoms with Gasteiger partial charge in [0.05, 0.1) is 12.2 Å². The maximum atomic E-state index is 14.1. The highest BCUT2D eigenvalue weighted by Gasteiger charge is 2.46. The molecule has 4 rings (SSSR count). The van der Waals surface area contributed by atoms with Gasteiger partial charge in [0.15, 0.2) is 0 Å². The van der Waals surface area contributed by atoms with E-state index in [0.29, 0.717) is 42.8 Å². The smallest absolute Gasteiger partial charge is 0.127 e. The predicted octanol–water partition coefficient (Wildman–Crippen LogP) is 4.63. The molecule has 2 aliphatic rings. The van der Waals surface area contributed by atoms with Gasteiger partial charge in [-0.25, -0.2) is 4.39 Å². The van der Waals surface area contributed by atoms with Crippen molar-refractivity contribution in [2.75, 3.05) is 6.61 Å². The third kappa shape index (κ3) is 3.87. The Bertz CT molecular complexity index is 765. The van der Waals surface area contributed by atoms with Crippen LogP contribution in [0.15, 0.2) is 48.5 Å². The van der Waals surface area contributed by atoms with Crippen LogP contribution in [-0.4, -0.2) is 28.7 Å². The predicted molar refractivity (Wildman–Crippen MR) is 104 cm³/mol. The van der Waals surface area contributed by atoms with Gasteiger partial charge in [-0.05, 0) is 55.9 Å². The molecule has 144 valence electrons. The third-order valence-corrected chi connectivity index (χ3v) is 6.09. The van der Waals surface area contributed by atoms with Gasteiger partial charge in [0.25, 0.3) is 0 Å². The fourth-order valence-corrected chi connectivity index (χ4v) is 4.89. The highest BCUT2D eigenvalue weighted by molar-refractivity contribution is 5.34. The molecule has 3 nitrogen and oxygen atoms in total. The van der Waals surface area contributed by atoms with Gasteiger partial charge >= 0.3 is 0 Å². The molecule has 1 N–H and O–H groups in total. The van der Waals surface area contributed by atoms with Crippen molar-refractivity contribution in [3.63, 3.8) is 0 Å². The molecular formula is C23H28FNO2. The number of ether oxygens (including phenoxy) is 1. The summed E-state index contributed by atoms with van der Waals surface area (Å²) in [6, 6.07) is 15.8. The Morgan fingerprint density at radius 1 is 1.11 bits per heavy atom. The van der Waals surface area contributed by atoms with Gasteiger partial charge in [0.2, 0.25) is 0 Å². The Labute approximate surface area is 160 Å². The van der Waals surface area contributed by atoms with Crippen LogP contribution in [0.3, 0.4) is 0 Å². The number of halogens is 1. The summed E-state index contributed by atoms with van der Waals surface area (Å²) in [5.74, 6) is 0.152. The molecule has 4 heteroatoms. The molecule has 2 heterocycles. The zero-order chi connectivity index (χ0) is 18.9. The van der Waals surface area contributed by atoms with Crippen LogP contribution in [-0.2, 0) is 12.1 Å². The highest BCUT2D eigenvalue weighted by Crippen LogP contribution is 2.45. The maximum Gasteiger partial charge on any atom is 0.127 e. The van der Waals surface area contributed by atoms with Crippen LogP contribution in [0.4, 0.5) is 4.39 Å². The van der Waals surface area contributed by atoms with Gasteiger partial charge in [0, 0.05) is 24.7 Å². The first-order valence-corrected chi connectivity index (χ1v) is 10.0. The summed E-state index contributed by atoms with van der Waals surface area (Å²) in [6.45, 7) is 3.28. The van der Waals surface area contributed by atoms with Crippen molar-refractivity contribution in [2.45, 2.75) is 63.3 Å². The number of rotatable bonds is 5. The lowest BCUT2D eigenvalue weighted by Gasteiger charge is -2.52. The minimum atomic E-state index is -0.989. The van der Waals surface area contributed by atoms with E-state index in [-0.39, 0.29) is 5.82 Å². The standard InChI is InChI=1S/C23H28FNO2/c1-2-27-22-12-18(11-19(24)13-22)23(26)14-20-9-6-10-21(15-23)25(20)16-17-7-4-3-5-8-17/h3-5,7-8,11-13,20-21,26H,2,6,9-10,14-16H2,1H3. The average Bonchev–Trinajstić information content (AvgIpc) is 2.63. The summed E-state index contributed by atoms with van der Waals surface area (Å²) in [5, 5.41) is 11.5. The SMILES string of the molecule is CCOc1cc(F)cc(C2(O)CC3CCCC(C2)N3Cc2ccccc2)c1. The topological polar surface area (TPSA) is 32.7 Å². The Hall–Kier alpha value is -1.91. The molecule has 0 amide bonds. The molecule has 0 spiro atoms. The van der Waals surface area contributed by atoms with E-state index in [9.17, 15) is 9.50 Å². The summed E-state index contributed by atoms with van der Waals surface area (Å²) in [5.41, 5.74) is 0.975. The van der Waals surface area contributed by atoms with Crippen molar-refractivity contribution in [1.82, 2.24) is 4.90 Å². The van der Waals surface area contributed by atoms with Crippen LogP contribution in [0.2, 0.25) is 0 Å². The highest BCUT2D eigenvalue weighted by atomic mass is 19.1. The molecule has 0 aromatic heterocycles. The molecule has 2 aromatic carbocycles. The largest absolute Gasteiger partial charge is 0.494 e. The van der Waals surface area contributed by atoms with Gasteiger partial charge in [-0.2, -0.15) is 0 Å². The Kier molecular flexibility index (Phi) is 5.20. The number of benzene rings is 2. The van der Waals surface area contributed by atoms with Crippen LogP contribution in [0.1, 0.15) is 50.2 Å². The van der Waals surface area contributed by atoms with E-state index in [1.807, 2.05) is 19.1 Å². The van der Waals surface area contributed by atoms with Crippen molar-refractivity contribution < 1.29 is 14.2 Å². The van der Waals surface area contributed by atoms with Crippen molar-refractivity contribution >= 4 is 0 Å². The van der Waals surface area contributed by atoms with E-state index in [0.717, 1.165) is 19.4 Å². The molecule has 2 unspecified atom stereocenters. The molecule has 2 fully saturated rings. The van der Waals surface area contributed by atoms with E-state index >= 15 is 0 Å². The minimum absolute atomic E-state index is 0.321. The monoisotopic (exact) mass is 369 g/mol. The van der Waals surface area contributed by atoms with Crippen LogP contribution in [0.5, 0.6) is 5.75 Å². The second-order valence-corrected chi connectivity index (χ2v) is 7.94. The number of hydrogen-bond acceptors (Lipinski definition) is 3. The van der Waals surface area contributed by atoms with Crippen molar-refractivity contribution in [2.24, 2.45) is 0 Å². The lowest BCUT2D eigenvalue weighted by molar-refractivity contribution is -0.100. The molecule has 2 atom stereocenters. The van der Waals surface area contributed by atoms with E-state index in [1.54, 1.807) is 0 Å². The van der Waals surface area contributed by atoms with Gasteiger partial charge in [-0.1, -0.05) is 36.8 Å². The number of aliphatic hydroxyl groups is 1. The Morgan fingerprint density at radius 3 is 2.48 bits per heavy atom. The quantitative estimate of drug-likeness (QED) is 0.834. The molecular weight excluding hydrogens is 341 g/mol. The molecule has 2 aromatic rings. The minimum Gasteiger partial charge on any atom is -0.494 e. The first-order chi connectivity index (χ1) is 13.1. The summed E-state index contributed by atoms with van der Waals surface area (Å²) in [6.07, 6.45) is 4.65. The van der Waals surface area contributed by atoms with E-state index in [2.05, 4.69) is 29.2 Å². The Balaban J connectivity index is 1.59. The zero-order valence-corrected chi connectivity index (χ0v) is 15.9. The summed E-state index contributed by atoms with van der Waals surface area (Å²) in [4.78, 5) is 2.55. The summed E-state index contributed by atoms with van der Waals surface area (Å²) in [7, 11) is 0. The van der Waals surface area contributed by atoms with E-state index < -0.39 is 5.60 Å². The van der Waals surface area contributed by atoms with E-state index in [1.165, 1.54) is 24.1 Å². The van der Waals surface area contributed by atoms with Crippen molar-refractivity contribution in [1.29, 1.82) is 0 Å². The Morgan fingerprint density at radius 2 is 1.81 bits per heavy atom. The van der Waals surface area contributed by atoms with Crippen LogP contribution in [0, 0.1) is 5.82 Å². The molecule has 0 radical (unpaired) electrons. The summed E-state index contributed by atoms with van der Waals surface area (Å²) >= 11 is 0. The van der Waals surface area contributed by atoms with Crippen LogP contribution < -0.4 is 4.74 Å². The fourth-order valence-electron chi connectivity index (χ4n) is 4.89. The number of hydrogen-bond donors (Lipinski definition) is 1. The number of piperidine rings is 2.